The summed E-state index contributed by atoms with van der Waals surface area (Å²) < 4.78 is 32.3. The first-order valence-electron chi connectivity index (χ1n) is 6.83. The van der Waals surface area contributed by atoms with Crippen LogP contribution < -0.4 is 9.62 Å². The van der Waals surface area contributed by atoms with Crippen molar-refractivity contribution in [3.8, 4) is 0 Å². The Morgan fingerprint density at radius 3 is 2.86 bits per heavy atom. The topological polar surface area (TPSA) is 84.4 Å². The van der Waals surface area contributed by atoms with Gasteiger partial charge in [-0.1, -0.05) is 6.07 Å². The molecule has 0 amide bonds. The third-order valence-electron chi connectivity index (χ3n) is 3.21. The number of sulfonamides is 1. The molecule has 0 spiro atoms. The second kappa shape index (κ2) is 6.69. The highest BCUT2D eigenvalue weighted by Gasteiger charge is 2.16. The fourth-order valence-corrected chi connectivity index (χ4v) is 4.11. The molecule has 0 atom stereocenters. The molecule has 3 heterocycles. The predicted octanol–water partition coefficient (Wildman–Crippen LogP) is 0.853. The second-order valence-electron chi connectivity index (χ2n) is 4.69. The molecule has 1 aliphatic rings. The van der Waals surface area contributed by atoms with Crippen molar-refractivity contribution in [2.24, 2.45) is 0 Å². The van der Waals surface area contributed by atoms with Crippen LogP contribution in [0.2, 0.25) is 0 Å². The Kier molecular flexibility index (Phi) is 4.67. The van der Waals surface area contributed by atoms with Gasteiger partial charge in [0.05, 0.1) is 19.8 Å². The number of nitrogens with zero attached hydrogens (tertiary/aromatic N) is 3. The van der Waals surface area contributed by atoms with Crippen LogP contribution in [0.5, 0.6) is 0 Å². The van der Waals surface area contributed by atoms with Crippen LogP contribution in [-0.4, -0.2) is 44.7 Å². The van der Waals surface area contributed by atoms with Crippen LogP contribution >= 0.6 is 11.3 Å². The number of rotatable bonds is 5. The molecule has 118 valence electrons. The van der Waals surface area contributed by atoms with Crippen LogP contribution in [0.15, 0.2) is 34.0 Å². The lowest BCUT2D eigenvalue weighted by Gasteiger charge is -2.27. The molecule has 9 heteroatoms. The van der Waals surface area contributed by atoms with Gasteiger partial charge in [0.1, 0.15) is 15.9 Å². The van der Waals surface area contributed by atoms with Gasteiger partial charge in [0, 0.05) is 19.3 Å². The summed E-state index contributed by atoms with van der Waals surface area (Å²) in [6.07, 6.45) is 1.65. The van der Waals surface area contributed by atoms with Crippen molar-refractivity contribution >= 4 is 27.2 Å². The summed E-state index contributed by atoms with van der Waals surface area (Å²) in [6, 6.07) is 5.09. The summed E-state index contributed by atoms with van der Waals surface area (Å²) in [5.41, 5.74) is 0. The highest BCUT2D eigenvalue weighted by atomic mass is 32.2. The number of anilines is 1. The number of hydrogen-bond acceptors (Lipinski definition) is 7. The van der Waals surface area contributed by atoms with E-state index in [1.807, 2.05) is 6.07 Å². The average Bonchev–Trinajstić information content (AvgIpc) is 3.10. The molecule has 0 bridgehead atoms. The van der Waals surface area contributed by atoms with Crippen molar-refractivity contribution < 1.29 is 13.2 Å². The molecule has 2 aromatic rings. The van der Waals surface area contributed by atoms with Gasteiger partial charge in [-0.25, -0.2) is 23.1 Å². The molecule has 7 nitrogen and oxygen atoms in total. The van der Waals surface area contributed by atoms with E-state index in [0.29, 0.717) is 19.0 Å². The van der Waals surface area contributed by atoms with Gasteiger partial charge in [-0.15, -0.1) is 11.3 Å². The van der Waals surface area contributed by atoms with Crippen molar-refractivity contribution in [1.82, 2.24) is 14.7 Å². The molecule has 0 aliphatic carbocycles. The standard InChI is InChI=1S/C13H16N4O3S2/c18-22(19,13-2-1-9-21-13)15-10-11-14-4-3-12(16-11)17-5-7-20-8-6-17/h1-4,9,15H,5-8,10H2. The summed E-state index contributed by atoms with van der Waals surface area (Å²) >= 11 is 1.18. The van der Waals surface area contributed by atoms with Crippen molar-refractivity contribution in [2.75, 3.05) is 31.2 Å². The van der Waals surface area contributed by atoms with Crippen LogP contribution in [0, 0.1) is 0 Å². The molecule has 1 aliphatic heterocycles. The molecular weight excluding hydrogens is 324 g/mol. The van der Waals surface area contributed by atoms with E-state index in [0.717, 1.165) is 18.9 Å². The molecule has 1 N–H and O–H groups in total. The van der Waals surface area contributed by atoms with Gasteiger partial charge in [-0.2, -0.15) is 0 Å². The highest BCUT2D eigenvalue weighted by molar-refractivity contribution is 7.91. The fourth-order valence-electron chi connectivity index (χ4n) is 2.09. The highest BCUT2D eigenvalue weighted by Crippen LogP contribution is 2.16. The molecular formula is C13H16N4O3S2. The normalized spacial score (nSPS) is 15.9. The Hall–Kier alpha value is -1.55. The lowest BCUT2D eigenvalue weighted by atomic mass is 10.4. The average molecular weight is 340 g/mol. The van der Waals surface area contributed by atoms with Crippen LogP contribution in [-0.2, 0) is 21.3 Å². The van der Waals surface area contributed by atoms with Crippen LogP contribution in [0.4, 0.5) is 5.82 Å². The third kappa shape index (κ3) is 3.61. The minimum absolute atomic E-state index is 0.0679. The number of nitrogens with one attached hydrogen (secondary N) is 1. The maximum Gasteiger partial charge on any atom is 0.250 e. The first-order valence-corrected chi connectivity index (χ1v) is 9.19. The zero-order chi connectivity index (χ0) is 15.4. The third-order valence-corrected chi connectivity index (χ3v) is 6.00. The number of aromatic nitrogens is 2. The molecule has 22 heavy (non-hydrogen) atoms. The van der Waals surface area contributed by atoms with Crippen LogP contribution in [0.1, 0.15) is 5.82 Å². The Morgan fingerprint density at radius 1 is 1.32 bits per heavy atom. The summed E-state index contributed by atoms with van der Waals surface area (Å²) in [5.74, 6) is 1.24. The van der Waals surface area contributed by atoms with E-state index in [1.54, 1.807) is 23.7 Å². The van der Waals surface area contributed by atoms with E-state index >= 15 is 0 Å². The molecule has 1 saturated heterocycles. The second-order valence-corrected chi connectivity index (χ2v) is 7.63. The Morgan fingerprint density at radius 2 is 2.14 bits per heavy atom. The number of ether oxygens (including phenoxy) is 1. The summed E-state index contributed by atoms with van der Waals surface area (Å²) in [7, 11) is -3.50. The van der Waals surface area contributed by atoms with Gasteiger partial charge < -0.3 is 9.64 Å². The minimum Gasteiger partial charge on any atom is -0.378 e. The Labute approximate surface area is 133 Å². The predicted molar refractivity (Wildman–Crippen MR) is 83.4 cm³/mol. The van der Waals surface area contributed by atoms with Crippen molar-refractivity contribution in [1.29, 1.82) is 0 Å². The zero-order valence-corrected chi connectivity index (χ0v) is 13.4. The van der Waals surface area contributed by atoms with Crippen molar-refractivity contribution in [2.45, 2.75) is 10.8 Å². The van der Waals surface area contributed by atoms with Gasteiger partial charge in [-0.05, 0) is 17.5 Å². The molecule has 0 saturated carbocycles. The van der Waals surface area contributed by atoms with Gasteiger partial charge in [0.2, 0.25) is 10.0 Å². The van der Waals surface area contributed by atoms with E-state index in [-0.39, 0.29) is 10.8 Å². The SMILES string of the molecule is O=S(=O)(NCc1nccc(N2CCOCC2)n1)c1cccs1. The van der Waals surface area contributed by atoms with Crippen LogP contribution in [0.3, 0.4) is 0 Å². The lowest BCUT2D eigenvalue weighted by Crippen LogP contribution is -2.37. The molecule has 1 fully saturated rings. The maximum absolute atomic E-state index is 12.1. The number of morpholine rings is 1. The van der Waals surface area contributed by atoms with Gasteiger partial charge in [0.15, 0.2) is 0 Å². The minimum atomic E-state index is -3.50. The van der Waals surface area contributed by atoms with E-state index in [1.165, 1.54) is 11.3 Å². The van der Waals surface area contributed by atoms with E-state index in [9.17, 15) is 8.42 Å². The van der Waals surface area contributed by atoms with Crippen molar-refractivity contribution in [3.63, 3.8) is 0 Å². The molecule has 0 aromatic carbocycles. The van der Waals surface area contributed by atoms with Crippen molar-refractivity contribution in [3.05, 3.63) is 35.6 Å². The van der Waals surface area contributed by atoms with Gasteiger partial charge in [-0.3, -0.25) is 0 Å². The lowest BCUT2D eigenvalue weighted by molar-refractivity contribution is 0.122. The summed E-state index contributed by atoms with van der Waals surface area (Å²) in [6.45, 7) is 2.96. The molecule has 0 unspecified atom stereocenters. The van der Waals surface area contributed by atoms with E-state index in [4.69, 9.17) is 4.74 Å². The first kappa shape index (κ1) is 15.3. The molecule has 2 aromatic heterocycles. The largest absolute Gasteiger partial charge is 0.378 e. The summed E-state index contributed by atoms with van der Waals surface area (Å²) in [4.78, 5) is 10.6. The Balaban J connectivity index is 1.68. The number of thiophene rings is 1. The monoisotopic (exact) mass is 340 g/mol. The smallest absolute Gasteiger partial charge is 0.250 e. The van der Waals surface area contributed by atoms with E-state index in [2.05, 4.69) is 19.6 Å². The number of hydrogen-bond donors (Lipinski definition) is 1. The maximum atomic E-state index is 12.1. The zero-order valence-electron chi connectivity index (χ0n) is 11.8. The fraction of sp³-hybridized carbons (Fsp3) is 0.385. The molecule has 0 radical (unpaired) electrons. The molecule has 3 rings (SSSR count). The quantitative estimate of drug-likeness (QED) is 0.869. The summed E-state index contributed by atoms with van der Waals surface area (Å²) in [5, 5.41) is 1.73. The van der Waals surface area contributed by atoms with Gasteiger partial charge >= 0.3 is 0 Å². The van der Waals surface area contributed by atoms with Gasteiger partial charge in [0.25, 0.3) is 0 Å². The Bertz CT molecular complexity index is 713. The van der Waals surface area contributed by atoms with E-state index < -0.39 is 10.0 Å². The van der Waals surface area contributed by atoms with Crippen LogP contribution in [0.25, 0.3) is 0 Å². The first-order chi connectivity index (χ1) is 10.6.